The topological polar surface area (TPSA) is 80.4 Å². The Bertz CT molecular complexity index is 517. The van der Waals surface area contributed by atoms with Gasteiger partial charge in [0.15, 0.2) is 0 Å². The molecule has 1 unspecified atom stereocenters. The van der Waals surface area contributed by atoms with Crippen LogP contribution < -0.4 is 5.73 Å². The van der Waals surface area contributed by atoms with Crippen LogP contribution in [0.4, 0.5) is 0 Å². The first kappa shape index (κ1) is 15.9. The molecule has 0 radical (unpaired) electrons. The van der Waals surface area contributed by atoms with Crippen molar-refractivity contribution in [1.82, 2.24) is 0 Å². The summed E-state index contributed by atoms with van der Waals surface area (Å²) in [6, 6.07) is 4.65. The predicted octanol–water partition coefficient (Wildman–Crippen LogP) is 2.69. The number of carboxylic acid groups (broad SMARTS) is 1. The van der Waals surface area contributed by atoms with Crippen molar-refractivity contribution in [1.29, 1.82) is 0 Å². The summed E-state index contributed by atoms with van der Waals surface area (Å²) in [5.74, 6) is -1.94. The molecule has 0 aliphatic heterocycles. The lowest BCUT2D eigenvalue weighted by atomic mass is 9.81. The van der Waals surface area contributed by atoms with Crippen molar-refractivity contribution in [3.05, 3.63) is 34.9 Å². The molecule has 1 aromatic carbocycles. The number of benzene rings is 1. The summed E-state index contributed by atoms with van der Waals surface area (Å²) in [6.45, 7) is 3.71. The summed E-state index contributed by atoms with van der Waals surface area (Å²) in [7, 11) is 0. The third kappa shape index (κ3) is 3.04. The first-order valence-electron chi connectivity index (χ1n) is 5.57. The zero-order valence-electron chi connectivity index (χ0n) is 10.9. The molecule has 104 valence electrons. The van der Waals surface area contributed by atoms with E-state index in [0.29, 0.717) is 5.56 Å². The fourth-order valence-electron chi connectivity index (χ4n) is 1.95. The number of rotatable bonds is 5. The van der Waals surface area contributed by atoms with Crippen molar-refractivity contribution < 1.29 is 14.7 Å². The SMILES string of the molecule is CSC(Cl)C(C)(C)c1cccc(C(=O)O)c1C(N)=O. The van der Waals surface area contributed by atoms with Crippen molar-refractivity contribution in [2.75, 3.05) is 6.26 Å². The molecule has 6 heteroatoms. The smallest absolute Gasteiger partial charge is 0.336 e. The van der Waals surface area contributed by atoms with E-state index in [0.717, 1.165) is 0 Å². The summed E-state index contributed by atoms with van der Waals surface area (Å²) >= 11 is 7.69. The van der Waals surface area contributed by atoms with Gasteiger partial charge in [0.05, 0.1) is 15.8 Å². The van der Waals surface area contributed by atoms with E-state index in [2.05, 4.69) is 0 Å². The summed E-state index contributed by atoms with van der Waals surface area (Å²) in [5.41, 5.74) is 5.24. The van der Waals surface area contributed by atoms with Crippen LogP contribution in [0.3, 0.4) is 0 Å². The van der Waals surface area contributed by atoms with E-state index in [1.54, 1.807) is 12.1 Å². The highest BCUT2D eigenvalue weighted by Crippen LogP contribution is 2.38. The van der Waals surface area contributed by atoms with Crippen LogP contribution in [-0.2, 0) is 5.41 Å². The number of nitrogens with two attached hydrogens (primary N) is 1. The van der Waals surface area contributed by atoms with Crippen molar-refractivity contribution in [3.63, 3.8) is 0 Å². The lowest BCUT2D eigenvalue weighted by Gasteiger charge is -2.31. The highest BCUT2D eigenvalue weighted by molar-refractivity contribution is 8.00. The third-order valence-electron chi connectivity index (χ3n) is 3.01. The van der Waals surface area contributed by atoms with Crippen molar-refractivity contribution in [2.24, 2.45) is 5.73 Å². The first-order chi connectivity index (χ1) is 8.73. The molecular weight excluding hydrogens is 286 g/mol. The number of primary amides is 1. The van der Waals surface area contributed by atoms with Gasteiger partial charge in [-0.25, -0.2) is 4.79 Å². The maximum absolute atomic E-state index is 11.6. The van der Waals surface area contributed by atoms with Gasteiger partial charge in [0.25, 0.3) is 0 Å². The highest BCUT2D eigenvalue weighted by Gasteiger charge is 2.34. The number of carbonyl (C=O) groups is 2. The molecule has 1 atom stereocenters. The molecule has 19 heavy (non-hydrogen) atoms. The number of hydrogen-bond acceptors (Lipinski definition) is 3. The largest absolute Gasteiger partial charge is 0.478 e. The van der Waals surface area contributed by atoms with Crippen LogP contribution >= 0.6 is 23.4 Å². The van der Waals surface area contributed by atoms with Gasteiger partial charge in [-0.3, -0.25) is 4.79 Å². The van der Waals surface area contributed by atoms with Crippen LogP contribution in [0.1, 0.15) is 40.1 Å². The van der Waals surface area contributed by atoms with Gasteiger partial charge in [0.1, 0.15) is 0 Å². The van der Waals surface area contributed by atoms with Crippen LogP contribution in [0.2, 0.25) is 0 Å². The van der Waals surface area contributed by atoms with Gasteiger partial charge in [-0.2, -0.15) is 0 Å². The Morgan fingerprint density at radius 3 is 2.42 bits per heavy atom. The molecule has 0 bridgehead atoms. The van der Waals surface area contributed by atoms with Crippen molar-refractivity contribution in [2.45, 2.75) is 24.0 Å². The number of carbonyl (C=O) groups excluding carboxylic acids is 1. The molecule has 1 amide bonds. The van der Waals surface area contributed by atoms with Gasteiger partial charge in [0.2, 0.25) is 5.91 Å². The maximum atomic E-state index is 11.6. The molecule has 0 fully saturated rings. The van der Waals surface area contributed by atoms with Gasteiger partial charge in [-0.1, -0.05) is 26.0 Å². The molecular formula is C13H16ClNO3S. The lowest BCUT2D eigenvalue weighted by Crippen LogP contribution is -2.32. The number of halogens is 1. The van der Waals surface area contributed by atoms with Crippen molar-refractivity contribution >= 4 is 35.2 Å². The second-order valence-corrected chi connectivity index (χ2v) is 6.31. The molecule has 0 aliphatic carbocycles. The Labute approximate surface area is 121 Å². The summed E-state index contributed by atoms with van der Waals surface area (Å²) in [5, 5.41) is 9.15. The van der Waals surface area contributed by atoms with Gasteiger partial charge < -0.3 is 10.8 Å². The number of amides is 1. The van der Waals surface area contributed by atoms with E-state index in [4.69, 9.17) is 22.4 Å². The second kappa shape index (κ2) is 5.84. The van der Waals surface area contributed by atoms with Gasteiger partial charge in [0, 0.05) is 5.41 Å². The molecule has 1 aromatic rings. The van der Waals surface area contributed by atoms with E-state index in [9.17, 15) is 9.59 Å². The molecule has 0 heterocycles. The lowest BCUT2D eigenvalue weighted by molar-refractivity contribution is 0.0691. The minimum atomic E-state index is -1.18. The van der Waals surface area contributed by atoms with E-state index < -0.39 is 17.3 Å². The molecule has 1 rings (SSSR count). The van der Waals surface area contributed by atoms with Crippen LogP contribution in [0.15, 0.2) is 18.2 Å². The van der Waals surface area contributed by atoms with Crippen LogP contribution in [-0.4, -0.2) is 27.9 Å². The molecule has 0 saturated carbocycles. The molecule has 4 nitrogen and oxygen atoms in total. The van der Waals surface area contributed by atoms with E-state index in [-0.39, 0.29) is 15.8 Å². The first-order valence-corrected chi connectivity index (χ1v) is 7.29. The molecule has 0 aromatic heterocycles. The summed E-state index contributed by atoms with van der Waals surface area (Å²) in [4.78, 5) is 22.8. The normalized spacial score (nSPS) is 13.1. The Morgan fingerprint density at radius 2 is 2.00 bits per heavy atom. The molecule has 0 spiro atoms. The van der Waals surface area contributed by atoms with E-state index >= 15 is 0 Å². The minimum Gasteiger partial charge on any atom is -0.478 e. The van der Waals surface area contributed by atoms with Gasteiger partial charge in [-0.05, 0) is 17.9 Å². The number of thioether (sulfide) groups is 1. The fraction of sp³-hybridized carbons (Fsp3) is 0.385. The van der Waals surface area contributed by atoms with Crippen LogP contribution in [0.5, 0.6) is 0 Å². The van der Waals surface area contributed by atoms with Crippen LogP contribution in [0, 0.1) is 0 Å². The Hall–Kier alpha value is -1.20. The highest BCUT2D eigenvalue weighted by atomic mass is 35.5. The van der Waals surface area contributed by atoms with Gasteiger partial charge >= 0.3 is 5.97 Å². The van der Waals surface area contributed by atoms with E-state index in [1.165, 1.54) is 17.8 Å². The standard InChI is InChI=1S/C13H16ClNO3S/c1-13(2,12(14)19-3)8-6-4-5-7(11(17)18)9(8)10(15)16/h4-6,12H,1-3H3,(H2,15,16)(H,17,18). The zero-order valence-corrected chi connectivity index (χ0v) is 12.5. The van der Waals surface area contributed by atoms with Crippen molar-refractivity contribution in [3.8, 4) is 0 Å². The zero-order chi connectivity index (χ0) is 14.8. The third-order valence-corrected chi connectivity index (χ3v) is 5.09. The predicted molar refractivity (Wildman–Crippen MR) is 78.1 cm³/mol. The molecule has 0 saturated heterocycles. The minimum absolute atomic E-state index is 0.0275. The van der Waals surface area contributed by atoms with Gasteiger partial charge in [-0.15, -0.1) is 23.4 Å². The summed E-state index contributed by atoms with van der Waals surface area (Å²) in [6.07, 6.45) is 1.85. The number of aromatic carboxylic acids is 1. The Kier molecular flexibility index (Phi) is 4.87. The average molecular weight is 302 g/mol. The molecule has 3 N–H and O–H groups in total. The number of carboxylic acids is 1. The monoisotopic (exact) mass is 301 g/mol. The van der Waals surface area contributed by atoms with Crippen LogP contribution in [0.25, 0.3) is 0 Å². The van der Waals surface area contributed by atoms with E-state index in [1.807, 2.05) is 20.1 Å². The quantitative estimate of drug-likeness (QED) is 0.819. The maximum Gasteiger partial charge on any atom is 0.336 e. The summed E-state index contributed by atoms with van der Waals surface area (Å²) < 4.78 is -0.311. The number of hydrogen-bond donors (Lipinski definition) is 2. The fourth-order valence-corrected chi connectivity index (χ4v) is 2.78. The average Bonchev–Trinajstić information content (AvgIpc) is 2.36. The molecule has 0 aliphatic rings. The Balaban J connectivity index is 3.56. The second-order valence-electron chi connectivity index (χ2n) is 4.67. The number of alkyl halides is 1. The Morgan fingerprint density at radius 1 is 1.42 bits per heavy atom.